The number of benzene rings is 1. The van der Waals surface area contributed by atoms with E-state index in [1.165, 1.54) is 25.1 Å². The average Bonchev–Trinajstić information content (AvgIpc) is 2.45. The third kappa shape index (κ3) is 4.37. The summed E-state index contributed by atoms with van der Waals surface area (Å²) in [6, 6.07) is 5.76. The zero-order valence-electron chi connectivity index (χ0n) is 12.3. The number of hydrogen-bond donors (Lipinski definition) is 0. The topological polar surface area (TPSA) is 80.8 Å². The van der Waals surface area contributed by atoms with Crippen LogP contribution in [0.15, 0.2) is 29.2 Å². The molecule has 1 aromatic rings. The number of Topliss-reactive ketones (excluding diaryl/α,β-unsaturated/α-hetero) is 1. The lowest BCUT2D eigenvalue weighted by Crippen LogP contribution is -2.36. The molecule has 0 aliphatic heterocycles. The van der Waals surface area contributed by atoms with Crippen LogP contribution in [0.4, 0.5) is 0 Å². The van der Waals surface area contributed by atoms with Gasteiger partial charge in [0, 0.05) is 12.1 Å². The average molecular weight is 313 g/mol. The molecular formula is C14H19NO5S. The minimum atomic E-state index is -3.84. The van der Waals surface area contributed by atoms with Crippen molar-refractivity contribution >= 4 is 21.8 Å². The highest BCUT2D eigenvalue weighted by Gasteiger charge is 2.26. The molecule has 0 atom stereocenters. The van der Waals surface area contributed by atoms with Gasteiger partial charge in [0.2, 0.25) is 10.0 Å². The lowest BCUT2D eigenvalue weighted by Gasteiger charge is -2.19. The van der Waals surface area contributed by atoms with E-state index < -0.39 is 16.0 Å². The third-order valence-electron chi connectivity index (χ3n) is 2.84. The molecule has 0 N–H and O–H groups in total. The van der Waals surface area contributed by atoms with E-state index in [1.54, 1.807) is 19.9 Å². The predicted octanol–water partition coefficient (Wildman–Crippen LogP) is 1.46. The summed E-state index contributed by atoms with van der Waals surface area (Å²) in [6.07, 6.45) is 0. The smallest absolute Gasteiger partial charge is 0.321 e. The molecule has 0 bridgehead atoms. The summed E-state index contributed by atoms with van der Waals surface area (Å²) < 4.78 is 30.8. The quantitative estimate of drug-likeness (QED) is 0.562. The summed E-state index contributed by atoms with van der Waals surface area (Å²) in [5.41, 5.74) is 0.309. The maximum atomic E-state index is 12.5. The first-order valence-corrected chi connectivity index (χ1v) is 8.03. The van der Waals surface area contributed by atoms with Crippen molar-refractivity contribution in [1.29, 1.82) is 0 Å². The van der Waals surface area contributed by atoms with Gasteiger partial charge in [0.1, 0.15) is 6.54 Å². The number of hydrogen-bond acceptors (Lipinski definition) is 5. The van der Waals surface area contributed by atoms with Gasteiger partial charge in [-0.05, 0) is 26.0 Å². The van der Waals surface area contributed by atoms with Gasteiger partial charge in [-0.1, -0.05) is 19.1 Å². The molecule has 1 aromatic carbocycles. The molecular weight excluding hydrogens is 294 g/mol. The van der Waals surface area contributed by atoms with Crippen LogP contribution in [0, 0.1) is 0 Å². The van der Waals surface area contributed by atoms with Crippen molar-refractivity contribution in [2.24, 2.45) is 0 Å². The van der Waals surface area contributed by atoms with Crippen LogP contribution < -0.4 is 0 Å². The Morgan fingerprint density at radius 3 is 2.43 bits per heavy atom. The highest BCUT2D eigenvalue weighted by atomic mass is 32.2. The first kappa shape index (κ1) is 17.3. The van der Waals surface area contributed by atoms with Gasteiger partial charge in [-0.25, -0.2) is 8.42 Å². The fourth-order valence-electron chi connectivity index (χ4n) is 1.74. The first-order valence-electron chi connectivity index (χ1n) is 6.59. The Morgan fingerprint density at radius 2 is 1.90 bits per heavy atom. The van der Waals surface area contributed by atoms with Gasteiger partial charge >= 0.3 is 5.97 Å². The Hall–Kier alpha value is -1.73. The zero-order chi connectivity index (χ0) is 16.0. The van der Waals surface area contributed by atoms with Crippen LogP contribution in [0.3, 0.4) is 0 Å². The number of esters is 1. The molecule has 0 aliphatic carbocycles. The molecule has 0 fully saturated rings. The van der Waals surface area contributed by atoms with Crippen LogP contribution in [0.5, 0.6) is 0 Å². The summed E-state index contributed by atoms with van der Waals surface area (Å²) in [5, 5.41) is 0. The molecule has 6 nitrogen and oxygen atoms in total. The van der Waals surface area contributed by atoms with Crippen molar-refractivity contribution in [3.05, 3.63) is 29.8 Å². The van der Waals surface area contributed by atoms with Gasteiger partial charge in [0.25, 0.3) is 0 Å². The van der Waals surface area contributed by atoms with E-state index in [1.807, 2.05) is 0 Å². The molecule has 0 aromatic heterocycles. The second kappa shape index (κ2) is 7.33. The van der Waals surface area contributed by atoms with Gasteiger partial charge in [-0.3, -0.25) is 9.59 Å². The molecule has 0 radical (unpaired) electrons. The highest BCUT2D eigenvalue weighted by molar-refractivity contribution is 7.89. The Balaban J connectivity index is 3.10. The third-order valence-corrected chi connectivity index (χ3v) is 4.76. The van der Waals surface area contributed by atoms with Gasteiger partial charge in [0.15, 0.2) is 5.78 Å². The van der Waals surface area contributed by atoms with Gasteiger partial charge < -0.3 is 4.74 Å². The standard InChI is InChI=1S/C14H19NO5S/c1-4-15(10-14(17)20-5-2)21(18,19)13-8-6-7-12(9-13)11(3)16/h6-9H,4-5,10H2,1-3H3. The zero-order valence-corrected chi connectivity index (χ0v) is 13.1. The van der Waals surface area contributed by atoms with E-state index in [0.717, 1.165) is 4.31 Å². The van der Waals surface area contributed by atoms with Gasteiger partial charge in [-0.15, -0.1) is 0 Å². The van der Waals surface area contributed by atoms with Crippen molar-refractivity contribution in [1.82, 2.24) is 4.31 Å². The van der Waals surface area contributed by atoms with Crippen LogP contribution in [0.1, 0.15) is 31.1 Å². The summed E-state index contributed by atoms with van der Waals surface area (Å²) in [5.74, 6) is -0.828. The van der Waals surface area contributed by atoms with Crippen molar-refractivity contribution < 1.29 is 22.7 Å². The fourth-order valence-corrected chi connectivity index (χ4v) is 3.18. The number of nitrogens with zero attached hydrogens (tertiary/aromatic N) is 1. The van der Waals surface area contributed by atoms with E-state index in [0.29, 0.717) is 5.56 Å². The lowest BCUT2D eigenvalue weighted by molar-refractivity contribution is -0.143. The Morgan fingerprint density at radius 1 is 1.24 bits per heavy atom. The van der Waals surface area contributed by atoms with Crippen LogP contribution in [0.25, 0.3) is 0 Å². The second-order valence-corrected chi connectivity index (χ2v) is 6.26. The second-order valence-electron chi connectivity index (χ2n) is 4.32. The van der Waals surface area contributed by atoms with Crippen molar-refractivity contribution in [3.8, 4) is 0 Å². The molecule has 21 heavy (non-hydrogen) atoms. The summed E-state index contributed by atoms with van der Waals surface area (Å²) in [4.78, 5) is 22.8. The van der Waals surface area contributed by atoms with Gasteiger partial charge in [0.05, 0.1) is 11.5 Å². The molecule has 0 heterocycles. The number of sulfonamides is 1. The van der Waals surface area contributed by atoms with E-state index in [9.17, 15) is 18.0 Å². The van der Waals surface area contributed by atoms with Gasteiger partial charge in [-0.2, -0.15) is 4.31 Å². The maximum Gasteiger partial charge on any atom is 0.321 e. The normalized spacial score (nSPS) is 11.4. The Bertz CT molecular complexity index is 624. The molecule has 0 amide bonds. The summed E-state index contributed by atoms with van der Waals surface area (Å²) in [6.45, 7) is 4.62. The summed E-state index contributed by atoms with van der Waals surface area (Å²) >= 11 is 0. The van der Waals surface area contributed by atoms with Crippen molar-refractivity contribution in [2.75, 3.05) is 19.7 Å². The van der Waals surface area contributed by atoms with E-state index >= 15 is 0 Å². The van der Waals surface area contributed by atoms with E-state index in [-0.39, 0.29) is 30.4 Å². The number of carbonyl (C=O) groups excluding carboxylic acids is 2. The molecule has 0 unspecified atom stereocenters. The Labute approximate surface area is 124 Å². The molecule has 0 saturated heterocycles. The van der Waals surface area contributed by atoms with Crippen LogP contribution in [-0.4, -0.2) is 44.2 Å². The van der Waals surface area contributed by atoms with Crippen LogP contribution in [-0.2, 0) is 19.6 Å². The monoisotopic (exact) mass is 313 g/mol. The van der Waals surface area contributed by atoms with Crippen molar-refractivity contribution in [3.63, 3.8) is 0 Å². The van der Waals surface area contributed by atoms with Crippen LogP contribution in [0.2, 0.25) is 0 Å². The molecule has 116 valence electrons. The largest absolute Gasteiger partial charge is 0.465 e. The SMILES string of the molecule is CCOC(=O)CN(CC)S(=O)(=O)c1cccc(C(C)=O)c1. The molecule has 1 rings (SSSR count). The number of rotatable bonds is 7. The first-order chi connectivity index (χ1) is 9.82. The summed E-state index contributed by atoms with van der Waals surface area (Å²) in [7, 11) is -3.84. The fraction of sp³-hybridized carbons (Fsp3) is 0.429. The lowest BCUT2D eigenvalue weighted by atomic mass is 10.2. The van der Waals surface area contributed by atoms with Crippen molar-refractivity contribution in [2.45, 2.75) is 25.7 Å². The number of likely N-dealkylation sites (N-methyl/N-ethyl adjacent to an activating group) is 1. The number of ether oxygens (including phenoxy) is 1. The molecule has 7 heteroatoms. The number of ketones is 1. The molecule has 0 saturated carbocycles. The number of carbonyl (C=O) groups is 2. The van der Waals surface area contributed by atoms with E-state index in [2.05, 4.69) is 0 Å². The minimum Gasteiger partial charge on any atom is -0.465 e. The highest BCUT2D eigenvalue weighted by Crippen LogP contribution is 2.17. The maximum absolute atomic E-state index is 12.5. The van der Waals surface area contributed by atoms with Crippen LogP contribution >= 0.6 is 0 Å². The van der Waals surface area contributed by atoms with E-state index in [4.69, 9.17) is 4.74 Å². The predicted molar refractivity (Wildman–Crippen MR) is 77.5 cm³/mol. The molecule has 0 spiro atoms. The minimum absolute atomic E-state index is 0.0126. The Kier molecular flexibility index (Phi) is 6.04. The molecule has 0 aliphatic rings.